The number of aryl methyl sites for hydroxylation is 1. The Labute approximate surface area is 145 Å². The fourth-order valence-electron chi connectivity index (χ4n) is 2.14. The van der Waals surface area contributed by atoms with Gasteiger partial charge in [-0.15, -0.1) is 11.3 Å². The Kier molecular flexibility index (Phi) is 4.59. The molecule has 0 atom stereocenters. The zero-order valence-electron chi connectivity index (χ0n) is 12.4. The Morgan fingerprint density at radius 1 is 1.17 bits per heavy atom. The van der Waals surface area contributed by atoms with Crippen molar-refractivity contribution < 1.29 is 13.6 Å². The normalized spacial score (nSPS) is 10.7. The van der Waals surface area contributed by atoms with Gasteiger partial charge in [0.2, 0.25) is 0 Å². The molecule has 1 aromatic heterocycles. The van der Waals surface area contributed by atoms with Gasteiger partial charge >= 0.3 is 0 Å². The lowest BCUT2D eigenvalue weighted by Crippen LogP contribution is -2.14. The van der Waals surface area contributed by atoms with Crippen molar-refractivity contribution in [2.75, 3.05) is 5.32 Å². The lowest BCUT2D eigenvalue weighted by atomic mass is 10.2. The number of para-hydroxylation sites is 1. The number of hydrogen-bond acceptors (Lipinski definition) is 3. The average Bonchev–Trinajstić information content (AvgIpc) is 2.93. The molecule has 2 aromatic carbocycles. The van der Waals surface area contributed by atoms with Gasteiger partial charge in [0, 0.05) is 10.6 Å². The van der Waals surface area contributed by atoms with Crippen LogP contribution in [0.5, 0.6) is 0 Å². The number of anilines is 1. The summed E-state index contributed by atoms with van der Waals surface area (Å²) in [7, 11) is 0. The van der Waals surface area contributed by atoms with Gasteiger partial charge in [-0.2, -0.15) is 0 Å². The van der Waals surface area contributed by atoms with Crippen LogP contribution in [0.25, 0.3) is 10.6 Å². The van der Waals surface area contributed by atoms with Crippen LogP contribution in [0.2, 0.25) is 5.02 Å². The number of benzene rings is 2. The van der Waals surface area contributed by atoms with Crippen molar-refractivity contribution >= 4 is 34.5 Å². The van der Waals surface area contributed by atoms with Gasteiger partial charge in [-0.1, -0.05) is 29.8 Å². The number of aromatic nitrogens is 1. The number of nitrogens with one attached hydrogen (secondary N) is 1. The van der Waals surface area contributed by atoms with E-state index < -0.39 is 23.2 Å². The van der Waals surface area contributed by atoms with Gasteiger partial charge in [0.1, 0.15) is 27.2 Å². The van der Waals surface area contributed by atoms with E-state index in [0.29, 0.717) is 15.7 Å². The number of thiazole rings is 1. The number of nitrogens with zero attached hydrogens (tertiary/aromatic N) is 1. The number of carbonyl (C=O) groups is 1. The molecule has 3 nitrogen and oxygen atoms in total. The third kappa shape index (κ3) is 3.29. The number of rotatable bonds is 3. The lowest BCUT2D eigenvalue weighted by Gasteiger charge is -2.06. The van der Waals surface area contributed by atoms with Crippen molar-refractivity contribution in [3.8, 4) is 10.6 Å². The minimum Gasteiger partial charge on any atom is -0.316 e. The van der Waals surface area contributed by atoms with Gasteiger partial charge in [0.15, 0.2) is 0 Å². The Hall–Kier alpha value is -2.31. The third-order valence-electron chi connectivity index (χ3n) is 3.28. The first kappa shape index (κ1) is 16.5. The number of amides is 1. The first-order valence-corrected chi connectivity index (χ1v) is 8.14. The molecule has 0 fully saturated rings. The van der Waals surface area contributed by atoms with Crippen LogP contribution in [0, 0.1) is 18.6 Å². The molecule has 7 heteroatoms. The first-order valence-electron chi connectivity index (χ1n) is 6.94. The summed E-state index contributed by atoms with van der Waals surface area (Å²) >= 11 is 7.09. The molecular weight excluding hydrogens is 354 g/mol. The molecule has 0 aliphatic carbocycles. The molecule has 1 heterocycles. The molecule has 0 spiro atoms. The summed E-state index contributed by atoms with van der Waals surface area (Å²) in [5.41, 5.74) is 0.774. The van der Waals surface area contributed by atoms with E-state index in [2.05, 4.69) is 10.3 Å². The smallest absolute Gasteiger partial charge is 0.267 e. The topological polar surface area (TPSA) is 42.0 Å². The minimum atomic E-state index is -0.833. The van der Waals surface area contributed by atoms with Crippen LogP contribution >= 0.6 is 22.9 Å². The largest absolute Gasteiger partial charge is 0.316 e. The van der Waals surface area contributed by atoms with Gasteiger partial charge in [-0.25, -0.2) is 13.8 Å². The highest BCUT2D eigenvalue weighted by molar-refractivity contribution is 7.17. The van der Waals surface area contributed by atoms with Gasteiger partial charge in [-0.3, -0.25) is 4.79 Å². The van der Waals surface area contributed by atoms with Crippen molar-refractivity contribution in [3.63, 3.8) is 0 Å². The summed E-state index contributed by atoms with van der Waals surface area (Å²) in [6.07, 6.45) is 0. The zero-order chi connectivity index (χ0) is 17.3. The van der Waals surface area contributed by atoms with Crippen LogP contribution in [0.1, 0.15) is 15.4 Å². The predicted molar refractivity (Wildman–Crippen MR) is 91.6 cm³/mol. The molecule has 122 valence electrons. The quantitative estimate of drug-likeness (QED) is 0.685. The van der Waals surface area contributed by atoms with Gasteiger partial charge in [-0.05, 0) is 31.2 Å². The molecule has 0 aliphatic rings. The Bertz CT molecular complexity index is 906. The Morgan fingerprint density at radius 3 is 2.50 bits per heavy atom. The maximum Gasteiger partial charge on any atom is 0.267 e. The standard InChI is InChI=1S/C17H11ClF2N2OS/c1-9-15(16(23)22-14-12(19)6-3-7-13(14)20)24-17(21-9)10-4-2-5-11(18)8-10/h2-8H,1H3,(H,22,23). The highest BCUT2D eigenvalue weighted by Crippen LogP contribution is 2.30. The number of hydrogen-bond donors (Lipinski definition) is 1. The molecular formula is C17H11ClF2N2OS. The molecule has 1 amide bonds. The third-order valence-corrected chi connectivity index (χ3v) is 4.72. The lowest BCUT2D eigenvalue weighted by molar-refractivity contribution is 0.102. The van der Waals surface area contributed by atoms with E-state index in [-0.39, 0.29) is 4.88 Å². The summed E-state index contributed by atoms with van der Waals surface area (Å²) < 4.78 is 27.3. The molecule has 3 rings (SSSR count). The molecule has 0 aliphatic heterocycles. The van der Waals surface area contributed by atoms with E-state index >= 15 is 0 Å². The van der Waals surface area contributed by atoms with Crippen LogP contribution < -0.4 is 5.32 Å². The molecule has 0 saturated heterocycles. The Balaban J connectivity index is 1.91. The summed E-state index contributed by atoms with van der Waals surface area (Å²) in [6, 6.07) is 10.5. The van der Waals surface area contributed by atoms with Crippen molar-refractivity contribution in [2.45, 2.75) is 6.92 Å². The van der Waals surface area contributed by atoms with E-state index in [0.717, 1.165) is 29.0 Å². The first-order chi connectivity index (χ1) is 11.5. The highest BCUT2D eigenvalue weighted by Gasteiger charge is 2.19. The van der Waals surface area contributed by atoms with Crippen LogP contribution in [-0.2, 0) is 0 Å². The van der Waals surface area contributed by atoms with Crippen molar-refractivity contribution in [1.29, 1.82) is 0 Å². The average molecular weight is 365 g/mol. The summed E-state index contributed by atoms with van der Waals surface area (Å²) in [4.78, 5) is 17.0. The van der Waals surface area contributed by atoms with Gasteiger partial charge in [0.25, 0.3) is 5.91 Å². The molecule has 0 radical (unpaired) electrons. The predicted octanol–water partition coefficient (Wildman–Crippen LogP) is 5.30. The van der Waals surface area contributed by atoms with Gasteiger partial charge < -0.3 is 5.32 Å². The van der Waals surface area contributed by atoms with Crippen LogP contribution in [0.15, 0.2) is 42.5 Å². The maximum atomic E-state index is 13.7. The second kappa shape index (κ2) is 6.67. The number of halogens is 3. The van der Waals surface area contributed by atoms with E-state index in [1.807, 2.05) is 6.07 Å². The van der Waals surface area contributed by atoms with Crippen LogP contribution in [0.4, 0.5) is 14.5 Å². The van der Waals surface area contributed by atoms with Crippen LogP contribution in [-0.4, -0.2) is 10.9 Å². The van der Waals surface area contributed by atoms with Crippen molar-refractivity contribution in [2.24, 2.45) is 0 Å². The molecule has 0 unspecified atom stereocenters. The second-order valence-electron chi connectivity index (χ2n) is 4.99. The second-order valence-corrected chi connectivity index (χ2v) is 6.43. The van der Waals surface area contributed by atoms with Crippen molar-refractivity contribution in [1.82, 2.24) is 4.98 Å². The molecule has 0 bridgehead atoms. The highest BCUT2D eigenvalue weighted by atomic mass is 35.5. The summed E-state index contributed by atoms with van der Waals surface area (Å²) in [5, 5.41) is 3.43. The zero-order valence-corrected chi connectivity index (χ0v) is 14.0. The van der Waals surface area contributed by atoms with E-state index in [1.54, 1.807) is 25.1 Å². The number of carbonyl (C=O) groups excluding carboxylic acids is 1. The fraction of sp³-hybridized carbons (Fsp3) is 0.0588. The monoisotopic (exact) mass is 364 g/mol. The summed E-state index contributed by atoms with van der Waals surface area (Å²) in [5.74, 6) is -2.27. The maximum absolute atomic E-state index is 13.7. The SMILES string of the molecule is Cc1nc(-c2cccc(Cl)c2)sc1C(=O)Nc1c(F)cccc1F. The molecule has 1 N–H and O–H groups in total. The van der Waals surface area contributed by atoms with Crippen LogP contribution in [0.3, 0.4) is 0 Å². The van der Waals surface area contributed by atoms with Crippen molar-refractivity contribution in [3.05, 3.63) is 69.7 Å². The van der Waals surface area contributed by atoms with E-state index in [4.69, 9.17) is 11.6 Å². The van der Waals surface area contributed by atoms with Gasteiger partial charge in [0.05, 0.1) is 5.69 Å². The molecule has 0 saturated carbocycles. The minimum absolute atomic E-state index is 0.285. The summed E-state index contributed by atoms with van der Waals surface area (Å²) in [6.45, 7) is 1.66. The fourth-order valence-corrected chi connectivity index (χ4v) is 3.29. The van der Waals surface area contributed by atoms with E-state index in [9.17, 15) is 13.6 Å². The Morgan fingerprint density at radius 2 is 1.83 bits per heavy atom. The molecule has 24 heavy (non-hydrogen) atoms. The molecule has 3 aromatic rings. The van der Waals surface area contributed by atoms with E-state index in [1.165, 1.54) is 6.07 Å².